The van der Waals surface area contributed by atoms with Gasteiger partial charge in [0.2, 0.25) is 0 Å². The molecule has 0 aliphatic rings. The topological polar surface area (TPSA) is 38.0 Å². The minimum Gasteiger partial charge on any atom is -0.271 e. The van der Waals surface area contributed by atoms with E-state index in [9.17, 15) is 4.39 Å². The molecule has 6 heteroatoms. The highest BCUT2D eigenvalue weighted by Gasteiger charge is 2.15. The first-order valence-electron chi connectivity index (χ1n) is 5.26. The molecule has 0 spiro atoms. The highest BCUT2D eigenvalue weighted by molar-refractivity contribution is 9.11. The lowest BCUT2D eigenvalue weighted by atomic mass is 10.1. The first-order valence-corrected chi connectivity index (χ1v) is 7.66. The molecule has 0 saturated heterocycles. The van der Waals surface area contributed by atoms with E-state index >= 15 is 0 Å². The minimum atomic E-state index is -0.254. The average Bonchev–Trinajstić information content (AvgIpc) is 2.78. The molecule has 1 atom stereocenters. The third kappa shape index (κ3) is 3.19. The van der Waals surface area contributed by atoms with Crippen LogP contribution in [0.2, 0.25) is 0 Å². The largest absolute Gasteiger partial charge is 0.271 e. The van der Waals surface area contributed by atoms with Crippen LogP contribution in [0.15, 0.2) is 38.6 Å². The third-order valence-electron chi connectivity index (χ3n) is 2.59. The Labute approximate surface area is 126 Å². The van der Waals surface area contributed by atoms with Crippen molar-refractivity contribution in [3.63, 3.8) is 0 Å². The summed E-state index contributed by atoms with van der Waals surface area (Å²) < 4.78 is 15.0. The molecule has 0 aliphatic carbocycles. The lowest BCUT2D eigenvalue weighted by Crippen LogP contribution is -2.29. The fourth-order valence-corrected chi connectivity index (χ4v) is 3.59. The molecule has 3 N–H and O–H groups in total. The molecule has 0 fully saturated rings. The monoisotopic (exact) mass is 392 g/mol. The number of rotatable bonds is 4. The van der Waals surface area contributed by atoms with E-state index in [1.54, 1.807) is 17.4 Å². The quantitative estimate of drug-likeness (QED) is 0.604. The van der Waals surface area contributed by atoms with Crippen molar-refractivity contribution in [2.24, 2.45) is 5.84 Å². The van der Waals surface area contributed by atoms with Crippen LogP contribution in [0.1, 0.15) is 16.5 Å². The maximum absolute atomic E-state index is 13.4. The molecule has 0 amide bonds. The van der Waals surface area contributed by atoms with Gasteiger partial charge in [0, 0.05) is 4.88 Å². The Balaban J connectivity index is 2.23. The normalized spacial score (nSPS) is 12.7. The van der Waals surface area contributed by atoms with E-state index in [4.69, 9.17) is 5.84 Å². The number of hydrazine groups is 1. The van der Waals surface area contributed by atoms with Crippen LogP contribution < -0.4 is 11.3 Å². The molecule has 18 heavy (non-hydrogen) atoms. The lowest BCUT2D eigenvalue weighted by molar-refractivity contribution is 0.554. The van der Waals surface area contributed by atoms with E-state index < -0.39 is 0 Å². The molecule has 0 aliphatic heterocycles. The van der Waals surface area contributed by atoms with Gasteiger partial charge in [0.15, 0.2) is 0 Å². The molecule has 0 saturated carbocycles. The first-order chi connectivity index (χ1) is 8.61. The summed E-state index contributed by atoms with van der Waals surface area (Å²) in [4.78, 5) is 1.11. The third-order valence-corrected chi connectivity index (χ3v) is 5.22. The van der Waals surface area contributed by atoms with Crippen LogP contribution in [0, 0.1) is 5.82 Å². The summed E-state index contributed by atoms with van der Waals surface area (Å²) in [6.07, 6.45) is 0.627. The molecule has 2 rings (SSSR count). The van der Waals surface area contributed by atoms with Gasteiger partial charge in [0.1, 0.15) is 5.82 Å². The smallest absolute Gasteiger partial charge is 0.137 e. The molecular formula is C12H11Br2FN2S. The predicted octanol–water partition coefficient (Wildman–Crippen LogP) is 4.16. The first kappa shape index (κ1) is 14.1. The van der Waals surface area contributed by atoms with Gasteiger partial charge in [-0.3, -0.25) is 11.3 Å². The van der Waals surface area contributed by atoms with E-state index in [1.807, 2.05) is 18.2 Å². The average molecular weight is 394 g/mol. The van der Waals surface area contributed by atoms with Crippen molar-refractivity contribution >= 4 is 43.2 Å². The second kappa shape index (κ2) is 6.25. The van der Waals surface area contributed by atoms with Crippen molar-refractivity contribution in [1.29, 1.82) is 0 Å². The number of hydrogen-bond acceptors (Lipinski definition) is 3. The fraction of sp³-hybridized carbons (Fsp3) is 0.167. The molecule has 1 aromatic heterocycles. The molecule has 2 aromatic rings. The Kier molecular flexibility index (Phi) is 4.91. The Hall–Kier alpha value is -0.270. The van der Waals surface area contributed by atoms with Crippen LogP contribution in [0.25, 0.3) is 0 Å². The maximum Gasteiger partial charge on any atom is 0.137 e. The molecule has 0 radical (unpaired) electrons. The zero-order chi connectivity index (χ0) is 13.1. The van der Waals surface area contributed by atoms with Crippen molar-refractivity contribution in [2.75, 3.05) is 0 Å². The summed E-state index contributed by atoms with van der Waals surface area (Å²) in [5.74, 6) is 5.33. The van der Waals surface area contributed by atoms with Crippen molar-refractivity contribution in [3.05, 3.63) is 54.8 Å². The van der Waals surface area contributed by atoms with Crippen LogP contribution in [0.5, 0.6) is 0 Å². The Bertz CT molecular complexity index is 545. The summed E-state index contributed by atoms with van der Waals surface area (Å²) in [6.45, 7) is 0. The summed E-state index contributed by atoms with van der Waals surface area (Å²) in [5, 5.41) is 0. The highest BCUT2D eigenvalue weighted by Crippen LogP contribution is 2.31. The van der Waals surface area contributed by atoms with E-state index in [0.717, 1.165) is 14.2 Å². The zero-order valence-electron chi connectivity index (χ0n) is 9.29. The van der Waals surface area contributed by atoms with Gasteiger partial charge in [-0.2, -0.15) is 0 Å². The van der Waals surface area contributed by atoms with Gasteiger partial charge < -0.3 is 0 Å². The molecule has 1 aromatic carbocycles. The number of nitrogens with two attached hydrogens (primary N) is 1. The van der Waals surface area contributed by atoms with Gasteiger partial charge in [0.05, 0.1) is 14.3 Å². The second-order valence-corrected chi connectivity index (χ2v) is 7.07. The Morgan fingerprint density at radius 2 is 2.06 bits per heavy atom. The van der Waals surface area contributed by atoms with Gasteiger partial charge in [-0.05, 0) is 62.0 Å². The highest BCUT2D eigenvalue weighted by atomic mass is 79.9. The molecule has 1 heterocycles. The Morgan fingerprint density at radius 3 is 2.67 bits per heavy atom. The van der Waals surface area contributed by atoms with E-state index in [-0.39, 0.29) is 11.9 Å². The molecule has 0 bridgehead atoms. The van der Waals surface area contributed by atoms with Crippen LogP contribution in [0.3, 0.4) is 0 Å². The molecular weight excluding hydrogens is 383 g/mol. The number of hydrogen-bond donors (Lipinski definition) is 2. The van der Waals surface area contributed by atoms with Crippen molar-refractivity contribution in [1.82, 2.24) is 5.43 Å². The number of thiophene rings is 1. The maximum atomic E-state index is 13.4. The van der Waals surface area contributed by atoms with Crippen LogP contribution in [0.4, 0.5) is 4.39 Å². The number of benzene rings is 1. The zero-order valence-corrected chi connectivity index (χ0v) is 13.3. The summed E-state index contributed by atoms with van der Waals surface area (Å²) in [7, 11) is 0. The van der Waals surface area contributed by atoms with Crippen LogP contribution in [-0.2, 0) is 6.42 Å². The van der Waals surface area contributed by atoms with Crippen molar-refractivity contribution < 1.29 is 4.39 Å². The van der Waals surface area contributed by atoms with Crippen LogP contribution in [-0.4, -0.2) is 0 Å². The SMILES string of the molecule is NNC(Cc1cccc(F)c1Br)c1ccc(Br)s1. The fourth-order valence-electron chi connectivity index (χ4n) is 1.68. The van der Waals surface area contributed by atoms with E-state index in [0.29, 0.717) is 10.9 Å². The molecule has 96 valence electrons. The summed E-state index contributed by atoms with van der Waals surface area (Å²) in [6, 6.07) is 8.98. The van der Waals surface area contributed by atoms with Crippen molar-refractivity contribution in [3.8, 4) is 0 Å². The van der Waals surface area contributed by atoms with Gasteiger partial charge in [-0.15, -0.1) is 11.3 Å². The van der Waals surface area contributed by atoms with Gasteiger partial charge in [-0.25, -0.2) is 4.39 Å². The second-order valence-electron chi connectivity index (χ2n) is 3.78. The lowest BCUT2D eigenvalue weighted by Gasteiger charge is -2.15. The number of halogens is 3. The molecule has 1 unspecified atom stereocenters. The number of nitrogens with one attached hydrogen (secondary N) is 1. The van der Waals surface area contributed by atoms with Crippen molar-refractivity contribution in [2.45, 2.75) is 12.5 Å². The Morgan fingerprint density at radius 1 is 1.28 bits per heavy atom. The molecule has 2 nitrogen and oxygen atoms in total. The predicted molar refractivity (Wildman–Crippen MR) is 79.9 cm³/mol. The van der Waals surface area contributed by atoms with Gasteiger partial charge in [-0.1, -0.05) is 12.1 Å². The van der Waals surface area contributed by atoms with Gasteiger partial charge in [0.25, 0.3) is 0 Å². The summed E-state index contributed by atoms with van der Waals surface area (Å²) in [5.41, 5.74) is 3.66. The van der Waals surface area contributed by atoms with E-state index in [2.05, 4.69) is 37.3 Å². The van der Waals surface area contributed by atoms with Gasteiger partial charge >= 0.3 is 0 Å². The summed E-state index contributed by atoms with van der Waals surface area (Å²) >= 11 is 8.30. The minimum absolute atomic E-state index is 0.0283. The van der Waals surface area contributed by atoms with Crippen LogP contribution >= 0.6 is 43.2 Å². The van der Waals surface area contributed by atoms with E-state index in [1.165, 1.54) is 6.07 Å². The standard InChI is InChI=1S/C12H11Br2FN2S/c13-11-5-4-10(18-11)9(17-16)6-7-2-1-3-8(15)12(7)14/h1-5,9,17H,6,16H2.